The van der Waals surface area contributed by atoms with Gasteiger partial charge < -0.3 is 0 Å². The fraction of sp³-hybridized carbons (Fsp3) is 0.231. The van der Waals surface area contributed by atoms with Crippen molar-refractivity contribution in [3.05, 3.63) is 39.5 Å². The molecular formula is C13H13Cl2N3O. The van der Waals surface area contributed by atoms with E-state index in [2.05, 4.69) is 10.4 Å². The lowest BCUT2D eigenvalue weighted by Gasteiger charge is -2.12. The predicted molar refractivity (Wildman–Crippen MR) is 77.5 cm³/mol. The summed E-state index contributed by atoms with van der Waals surface area (Å²) in [7, 11) is 0. The van der Waals surface area contributed by atoms with Gasteiger partial charge in [-0.15, -0.1) is 0 Å². The van der Waals surface area contributed by atoms with Gasteiger partial charge in [0.25, 0.3) is 5.91 Å². The molecule has 100 valence electrons. The monoisotopic (exact) mass is 297 g/mol. The number of nitrogens with two attached hydrogens (primary N) is 1. The van der Waals surface area contributed by atoms with E-state index in [1.807, 2.05) is 13.8 Å². The molecule has 0 atom stereocenters. The standard InChI is InChI=1S/C13H13Cl2N3O/c1-6(2)10-5-8(13(19)18-16)12-9(15)3-7(14)4-11(12)17-10/h3-6H,16H2,1-2H3,(H,18,19). The predicted octanol–water partition coefficient (Wildman–Crippen LogP) is 3.27. The van der Waals surface area contributed by atoms with Crippen molar-refractivity contribution >= 4 is 40.0 Å². The number of halogens is 2. The molecule has 0 saturated carbocycles. The first kappa shape index (κ1) is 14.1. The van der Waals surface area contributed by atoms with Crippen LogP contribution in [0.15, 0.2) is 18.2 Å². The molecule has 1 aromatic heterocycles. The van der Waals surface area contributed by atoms with Crippen molar-refractivity contribution in [1.29, 1.82) is 0 Å². The molecule has 0 fully saturated rings. The lowest BCUT2D eigenvalue weighted by atomic mass is 10.0. The number of hydrazine groups is 1. The second kappa shape index (κ2) is 5.33. The first-order chi connectivity index (χ1) is 8.93. The van der Waals surface area contributed by atoms with Crippen LogP contribution in [0.2, 0.25) is 10.0 Å². The molecular weight excluding hydrogens is 285 g/mol. The molecule has 0 unspecified atom stereocenters. The van der Waals surface area contributed by atoms with Crippen molar-refractivity contribution in [3.8, 4) is 0 Å². The first-order valence-electron chi connectivity index (χ1n) is 5.74. The zero-order chi connectivity index (χ0) is 14.2. The van der Waals surface area contributed by atoms with E-state index in [0.29, 0.717) is 26.5 Å². The number of nitrogens with one attached hydrogen (secondary N) is 1. The number of amides is 1. The van der Waals surface area contributed by atoms with Gasteiger partial charge in [0, 0.05) is 16.1 Å². The van der Waals surface area contributed by atoms with Gasteiger partial charge in [0.1, 0.15) is 0 Å². The fourth-order valence-corrected chi connectivity index (χ4v) is 2.44. The first-order valence-corrected chi connectivity index (χ1v) is 6.50. The van der Waals surface area contributed by atoms with Gasteiger partial charge in [-0.3, -0.25) is 15.2 Å². The summed E-state index contributed by atoms with van der Waals surface area (Å²) in [6.07, 6.45) is 0. The second-order valence-corrected chi connectivity index (χ2v) is 5.35. The number of pyridine rings is 1. The zero-order valence-electron chi connectivity index (χ0n) is 10.5. The van der Waals surface area contributed by atoms with Crippen LogP contribution in [0.3, 0.4) is 0 Å². The Morgan fingerprint density at radius 3 is 2.58 bits per heavy atom. The number of carbonyl (C=O) groups is 1. The molecule has 0 radical (unpaired) electrons. The molecule has 1 amide bonds. The summed E-state index contributed by atoms with van der Waals surface area (Å²) in [5, 5.41) is 1.41. The molecule has 2 aromatic rings. The van der Waals surface area contributed by atoms with Gasteiger partial charge in [-0.25, -0.2) is 5.84 Å². The topological polar surface area (TPSA) is 68.0 Å². The summed E-state index contributed by atoms with van der Waals surface area (Å²) in [6.45, 7) is 3.98. The number of rotatable bonds is 2. The van der Waals surface area contributed by atoms with Crippen LogP contribution < -0.4 is 11.3 Å². The van der Waals surface area contributed by atoms with Crippen LogP contribution in [0.4, 0.5) is 0 Å². The van der Waals surface area contributed by atoms with E-state index in [0.717, 1.165) is 5.69 Å². The fourth-order valence-electron chi connectivity index (χ4n) is 1.86. The van der Waals surface area contributed by atoms with Gasteiger partial charge in [0.15, 0.2) is 0 Å². The molecule has 0 bridgehead atoms. The Balaban J connectivity index is 2.86. The average Bonchev–Trinajstić information content (AvgIpc) is 2.35. The number of fused-ring (bicyclic) bond motifs is 1. The Hall–Kier alpha value is -1.36. The van der Waals surface area contributed by atoms with Gasteiger partial charge in [0.05, 0.1) is 16.1 Å². The molecule has 1 aromatic carbocycles. The number of benzene rings is 1. The van der Waals surface area contributed by atoms with Gasteiger partial charge in [-0.1, -0.05) is 37.0 Å². The van der Waals surface area contributed by atoms with Gasteiger partial charge in [-0.2, -0.15) is 0 Å². The Kier molecular flexibility index (Phi) is 3.94. The summed E-state index contributed by atoms with van der Waals surface area (Å²) in [5.74, 6) is 4.98. The van der Waals surface area contributed by atoms with Gasteiger partial charge in [0.2, 0.25) is 0 Å². The maximum absolute atomic E-state index is 11.9. The molecule has 4 nitrogen and oxygen atoms in total. The Morgan fingerprint density at radius 1 is 1.32 bits per heavy atom. The Labute approximate surface area is 120 Å². The van der Waals surface area contributed by atoms with Crippen LogP contribution in [0, 0.1) is 0 Å². The minimum Gasteiger partial charge on any atom is -0.290 e. The number of hydrogen-bond acceptors (Lipinski definition) is 3. The van der Waals surface area contributed by atoms with E-state index in [1.54, 1.807) is 18.2 Å². The van der Waals surface area contributed by atoms with E-state index in [-0.39, 0.29) is 5.92 Å². The van der Waals surface area contributed by atoms with Gasteiger partial charge in [-0.05, 0) is 24.1 Å². The summed E-state index contributed by atoms with van der Waals surface area (Å²) in [5.41, 5.74) is 3.89. The van der Waals surface area contributed by atoms with Crippen molar-refractivity contribution < 1.29 is 4.79 Å². The number of carbonyl (C=O) groups excluding carboxylic acids is 1. The van der Waals surface area contributed by atoms with Crippen LogP contribution in [-0.4, -0.2) is 10.9 Å². The molecule has 0 aliphatic carbocycles. The summed E-state index contributed by atoms with van der Waals surface area (Å²) < 4.78 is 0. The highest BCUT2D eigenvalue weighted by molar-refractivity contribution is 6.39. The molecule has 1 heterocycles. The number of aromatic nitrogens is 1. The number of nitrogen functional groups attached to an aromatic ring is 1. The van der Waals surface area contributed by atoms with Crippen molar-refractivity contribution in [2.75, 3.05) is 0 Å². The SMILES string of the molecule is CC(C)c1cc(C(=O)NN)c2c(Cl)cc(Cl)cc2n1. The molecule has 3 N–H and O–H groups in total. The molecule has 2 rings (SSSR count). The van der Waals surface area contributed by atoms with E-state index >= 15 is 0 Å². The van der Waals surface area contributed by atoms with E-state index in [9.17, 15) is 4.79 Å². The van der Waals surface area contributed by atoms with E-state index < -0.39 is 5.91 Å². The molecule has 0 aliphatic rings. The average molecular weight is 298 g/mol. The zero-order valence-corrected chi connectivity index (χ0v) is 12.0. The minimum atomic E-state index is -0.404. The molecule has 19 heavy (non-hydrogen) atoms. The maximum atomic E-state index is 11.9. The number of nitrogens with zero attached hydrogens (tertiary/aromatic N) is 1. The van der Waals surface area contributed by atoms with E-state index in [1.165, 1.54) is 0 Å². The quantitative estimate of drug-likeness (QED) is 0.508. The maximum Gasteiger partial charge on any atom is 0.265 e. The Bertz CT molecular complexity index is 656. The molecule has 0 spiro atoms. The van der Waals surface area contributed by atoms with Crippen molar-refractivity contribution in [1.82, 2.24) is 10.4 Å². The largest absolute Gasteiger partial charge is 0.290 e. The normalized spacial score (nSPS) is 11.1. The Morgan fingerprint density at radius 2 is 2.00 bits per heavy atom. The van der Waals surface area contributed by atoms with Crippen molar-refractivity contribution in [2.45, 2.75) is 19.8 Å². The highest BCUT2D eigenvalue weighted by atomic mass is 35.5. The smallest absolute Gasteiger partial charge is 0.265 e. The third-order valence-electron chi connectivity index (χ3n) is 2.81. The highest BCUT2D eigenvalue weighted by Crippen LogP contribution is 2.31. The third-order valence-corrected chi connectivity index (χ3v) is 3.33. The van der Waals surface area contributed by atoms with Crippen molar-refractivity contribution in [2.24, 2.45) is 5.84 Å². The number of hydrogen-bond donors (Lipinski definition) is 2. The van der Waals surface area contributed by atoms with Crippen LogP contribution >= 0.6 is 23.2 Å². The highest BCUT2D eigenvalue weighted by Gasteiger charge is 2.16. The molecule has 0 aliphatic heterocycles. The third kappa shape index (κ3) is 2.66. The lowest BCUT2D eigenvalue weighted by Crippen LogP contribution is -2.30. The van der Waals surface area contributed by atoms with Crippen LogP contribution in [0.5, 0.6) is 0 Å². The lowest BCUT2D eigenvalue weighted by molar-refractivity contribution is 0.0955. The van der Waals surface area contributed by atoms with Gasteiger partial charge >= 0.3 is 0 Å². The summed E-state index contributed by atoms with van der Waals surface area (Å²) in [4.78, 5) is 16.4. The van der Waals surface area contributed by atoms with Crippen molar-refractivity contribution in [3.63, 3.8) is 0 Å². The van der Waals surface area contributed by atoms with Crippen LogP contribution in [0.25, 0.3) is 10.9 Å². The second-order valence-electron chi connectivity index (χ2n) is 4.50. The minimum absolute atomic E-state index is 0.173. The van der Waals surface area contributed by atoms with Crippen LogP contribution in [-0.2, 0) is 0 Å². The summed E-state index contributed by atoms with van der Waals surface area (Å²) >= 11 is 12.1. The molecule has 6 heteroatoms. The summed E-state index contributed by atoms with van der Waals surface area (Å²) in [6, 6.07) is 4.96. The van der Waals surface area contributed by atoms with Crippen LogP contribution in [0.1, 0.15) is 35.8 Å². The molecule has 0 saturated heterocycles. The van der Waals surface area contributed by atoms with E-state index in [4.69, 9.17) is 29.0 Å².